The molecule has 7 aromatic rings. The molecular formula is C38H28N2O. The molecule has 1 aliphatic carbocycles. The number of fused-ring (bicyclic) bond motifs is 5. The SMILES string of the molecule is CC1(C)c2cc3cc(N(c4ccccc4)c4ccccc4)ccc3cc2-c2cc3oc(-c4ccccc4)nc3cc21. The minimum atomic E-state index is -0.159. The van der Waals surface area contributed by atoms with Gasteiger partial charge in [-0.05, 0) is 106 Å². The van der Waals surface area contributed by atoms with E-state index in [1.54, 1.807) is 0 Å². The number of nitrogens with zero attached hydrogens (tertiary/aromatic N) is 2. The average Bonchev–Trinajstić information content (AvgIpc) is 3.53. The highest BCUT2D eigenvalue weighted by Gasteiger charge is 2.36. The minimum absolute atomic E-state index is 0.159. The second-order valence-electron chi connectivity index (χ2n) is 11.3. The molecule has 0 saturated heterocycles. The number of oxazole rings is 1. The van der Waals surface area contributed by atoms with E-state index in [0.717, 1.165) is 33.7 Å². The maximum absolute atomic E-state index is 6.26. The van der Waals surface area contributed by atoms with Crippen molar-refractivity contribution in [2.75, 3.05) is 4.90 Å². The van der Waals surface area contributed by atoms with E-state index in [2.05, 4.69) is 122 Å². The van der Waals surface area contributed by atoms with E-state index in [0.29, 0.717) is 5.89 Å². The Labute approximate surface area is 239 Å². The third-order valence-electron chi connectivity index (χ3n) is 8.43. The summed E-state index contributed by atoms with van der Waals surface area (Å²) in [5, 5.41) is 2.45. The Morgan fingerprint density at radius 3 is 1.85 bits per heavy atom. The van der Waals surface area contributed by atoms with Crippen LogP contribution < -0.4 is 4.90 Å². The summed E-state index contributed by atoms with van der Waals surface area (Å²) in [5.74, 6) is 0.662. The van der Waals surface area contributed by atoms with Crippen molar-refractivity contribution >= 4 is 38.9 Å². The summed E-state index contributed by atoms with van der Waals surface area (Å²) >= 11 is 0. The maximum Gasteiger partial charge on any atom is 0.227 e. The molecule has 0 saturated carbocycles. The van der Waals surface area contributed by atoms with Crippen LogP contribution in [-0.4, -0.2) is 4.98 Å². The van der Waals surface area contributed by atoms with Crippen LogP contribution in [0.5, 0.6) is 0 Å². The van der Waals surface area contributed by atoms with Crippen LogP contribution in [0, 0.1) is 0 Å². The summed E-state index contributed by atoms with van der Waals surface area (Å²) in [4.78, 5) is 7.18. The third kappa shape index (κ3) is 3.77. The summed E-state index contributed by atoms with van der Waals surface area (Å²) in [6, 6.07) is 47.1. The fraction of sp³-hybridized carbons (Fsp3) is 0.0789. The highest BCUT2D eigenvalue weighted by atomic mass is 16.3. The lowest BCUT2D eigenvalue weighted by atomic mass is 9.82. The first-order chi connectivity index (χ1) is 20.1. The molecule has 0 radical (unpaired) electrons. The highest BCUT2D eigenvalue weighted by molar-refractivity contribution is 5.98. The number of aromatic nitrogens is 1. The van der Waals surface area contributed by atoms with Gasteiger partial charge < -0.3 is 9.32 Å². The Balaban J connectivity index is 1.27. The largest absolute Gasteiger partial charge is 0.436 e. The minimum Gasteiger partial charge on any atom is -0.436 e. The van der Waals surface area contributed by atoms with Crippen molar-refractivity contribution in [2.45, 2.75) is 19.3 Å². The molecule has 0 N–H and O–H groups in total. The van der Waals surface area contributed by atoms with Crippen LogP contribution >= 0.6 is 0 Å². The van der Waals surface area contributed by atoms with Gasteiger partial charge in [-0.15, -0.1) is 0 Å². The van der Waals surface area contributed by atoms with Gasteiger partial charge in [0.05, 0.1) is 0 Å². The van der Waals surface area contributed by atoms with Crippen LogP contribution in [0.3, 0.4) is 0 Å². The van der Waals surface area contributed by atoms with Gasteiger partial charge >= 0.3 is 0 Å². The fourth-order valence-corrected chi connectivity index (χ4v) is 6.33. The normalized spacial score (nSPS) is 13.3. The molecule has 3 nitrogen and oxygen atoms in total. The molecule has 0 amide bonds. The lowest BCUT2D eigenvalue weighted by Gasteiger charge is -2.26. The molecule has 0 unspecified atom stereocenters. The van der Waals surface area contributed by atoms with Crippen molar-refractivity contribution < 1.29 is 4.42 Å². The van der Waals surface area contributed by atoms with Gasteiger partial charge in [0.25, 0.3) is 0 Å². The molecule has 0 fully saturated rings. The van der Waals surface area contributed by atoms with Gasteiger partial charge in [-0.25, -0.2) is 4.98 Å². The van der Waals surface area contributed by atoms with Crippen LogP contribution in [0.2, 0.25) is 0 Å². The first-order valence-corrected chi connectivity index (χ1v) is 14.1. The van der Waals surface area contributed by atoms with Crippen LogP contribution in [0.1, 0.15) is 25.0 Å². The second-order valence-corrected chi connectivity index (χ2v) is 11.3. The van der Waals surface area contributed by atoms with Crippen molar-refractivity contribution in [3.05, 3.63) is 145 Å². The first kappa shape index (κ1) is 23.7. The van der Waals surface area contributed by atoms with Gasteiger partial charge in [0.2, 0.25) is 5.89 Å². The van der Waals surface area contributed by atoms with E-state index >= 15 is 0 Å². The Morgan fingerprint density at radius 2 is 1.17 bits per heavy atom. The summed E-state index contributed by atoms with van der Waals surface area (Å²) < 4.78 is 6.26. The van der Waals surface area contributed by atoms with E-state index in [-0.39, 0.29) is 5.41 Å². The summed E-state index contributed by atoms with van der Waals surface area (Å²) in [6.45, 7) is 4.63. The molecule has 0 aliphatic heterocycles. The Hall–Kier alpha value is -5.15. The number of hydrogen-bond donors (Lipinski definition) is 0. The smallest absolute Gasteiger partial charge is 0.227 e. The van der Waals surface area contributed by atoms with Crippen molar-refractivity contribution in [1.29, 1.82) is 0 Å². The second kappa shape index (κ2) is 8.94. The highest BCUT2D eigenvalue weighted by Crippen LogP contribution is 2.51. The molecular weight excluding hydrogens is 500 g/mol. The van der Waals surface area contributed by atoms with Crippen LogP contribution in [0.25, 0.3) is 44.5 Å². The van der Waals surface area contributed by atoms with Gasteiger partial charge in [0.15, 0.2) is 5.58 Å². The number of hydrogen-bond acceptors (Lipinski definition) is 3. The van der Waals surface area contributed by atoms with Crippen LogP contribution in [0.15, 0.2) is 138 Å². The predicted molar refractivity (Wildman–Crippen MR) is 169 cm³/mol. The molecule has 41 heavy (non-hydrogen) atoms. The van der Waals surface area contributed by atoms with E-state index in [4.69, 9.17) is 9.40 Å². The fourth-order valence-electron chi connectivity index (χ4n) is 6.33. The molecule has 6 aromatic carbocycles. The van der Waals surface area contributed by atoms with Gasteiger partial charge in [0, 0.05) is 28.0 Å². The molecule has 8 rings (SSSR count). The van der Waals surface area contributed by atoms with Crippen LogP contribution in [0.4, 0.5) is 17.1 Å². The molecule has 0 atom stereocenters. The summed E-state index contributed by atoms with van der Waals surface area (Å²) in [6.07, 6.45) is 0. The zero-order valence-corrected chi connectivity index (χ0v) is 23.0. The predicted octanol–water partition coefficient (Wildman–Crippen LogP) is 10.4. The lowest BCUT2D eigenvalue weighted by molar-refractivity contribution is 0.619. The Bertz CT molecular complexity index is 2020. The number of anilines is 3. The quantitative estimate of drug-likeness (QED) is 0.228. The molecule has 3 heteroatoms. The third-order valence-corrected chi connectivity index (χ3v) is 8.43. The van der Waals surface area contributed by atoms with E-state index in [1.165, 1.54) is 33.0 Å². The zero-order chi connectivity index (χ0) is 27.6. The molecule has 0 spiro atoms. The van der Waals surface area contributed by atoms with E-state index in [1.807, 2.05) is 30.3 Å². The van der Waals surface area contributed by atoms with E-state index in [9.17, 15) is 0 Å². The summed E-state index contributed by atoms with van der Waals surface area (Å²) in [7, 11) is 0. The van der Waals surface area contributed by atoms with Crippen molar-refractivity contribution in [3.63, 3.8) is 0 Å². The number of rotatable bonds is 4. The summed E-state index contributed by atoms with van der Waals surface area (Å²) in [5.41, 5.74) is 11.1. The van der Waals surface area contributed by atoms with Crippen molar-refractivity contribution in [2.24, 2.45) is 0 Å². The van der Waals surface area contributed by atoms with Crippen LogP contribution in [-0.2, 0) is 5.41 Å². The average molecular weight is 529 g/mol. The van der Waals surface area contributed by atoms with Crippen molar-refractivity contribution in [3.8, 4) is 22.6 Å². The number of benzene rings is 6. The topological polar surface area (TPSA) is 29.3 Å². The monoisotopic (exact) mass is 528 g/mol. The van der Waals surface area contributed by atoms with Gasteiger partial charge in [-0.1, -0.05) is 74.5 Å². The molecule has 1 heterocycles. The molecule has 1 aliphatic rings. The molecule has 1 aromatic heterocycles. The standard InChI is InChI=1S/C38H28N2O/c1-38(2)33-22-27-20-30(40(28-14-8-4-9-15-28)29-16-10-5-11-17-29)19-18-26(27)21-31(33)32-23-36-35(24-34(32)38)39-37(41-36)25-12-6-3-7-13-25/h3-24H,1-2H3. The lowest BCUT2D eigenvalue weighted by Crippen LogP contribution is -2.15. The van der Waals surface area contributed by atoms with E-state index < -0.39 is 0 Å². The maximum atomic E-state index is 6.26. The van der Waals surface area contributed by atoms with Gasteiger partial charge in [-0.3, -0.25) is 0 Å². The Kier molecular flexibility index (Phi) is 5.17. The molecule has 196 valence electrons. The Morgan fingerprint density at radius 1 is 0.561 bits per heavy atom. The first-order valence-electron chi connectivity index (χ1n) is 14.1. The van der Waals surface area contributed by atoms with Gasteiger partial charge in [0.1, 0.15) is 5.52 Å². The van der Waals surface area contributed by atoms with Gasteiger partial charge in [-0.2, -0.15) is 0 Å². The van der Waals surface area contributed by atoms with Crippen molar-refractivity contribution in [1.82, 2.24) is 4.98 Å². The zero-order valence-electron chi connectivity index (χ0n) is 23.0. The number of para-hydroxylation sites is 2. The molecule has 0 bridgehead atoms.